The van der Waals surface area contributed by atoms with Crippen molar-refractivity contribution in [3.8, 4) is 11.5 Å². The third kappa shape index (κ3) is 7.32. The third-order valence-corrected chi connectivity index (χ3v) is 4.09. The van der Waals surface area contributed by atoms with Gasteiger partial charge in [-0.2, -0.15) is 16.9 Å². The topological polar surface area (TPSA) is 86.2 Å². The van der Waals surface area contributed by atoms with E-state index in [0.717, 1.165) is 11.3 Å². The summed E-state index contributed by atoms with van der Waals surface area (Å²) in [4.78, 5) is 23.5. The minimum absolute atomic E-state index is 0.139. The summed E-state index contributed by atoms with van der Waals surface area (Å²) in [7, 11) is 1.56. The van der Waals surface area contributed by atoms with Crippen LogP contribution in [0.4, 0.5) is 0 Å². The van der Waals surface area contributed by atoms with Crippen molar-refractivity contribution in [2.75, 3.05) is 32.3 Å². The number of hydrogen-bond acceptors (Lipinski definition) is 7. The number of hydrogen-bond donors (Lipinski definition) is 1. The molecule has 148 valence electrons. The van der Waals surface area contributed by atoms with E-state index in [9.17, 15) is 9.59 Å². The molecule has 0 aromatic heterocycles. The summed E-state index contributed by atoms with van der Waals surface area (Å²) in [6.45, 7) is 0.237. The number of nitrogens with one attached hydrogen (secondary N) is 1. The summed E-state index contributed by atoms with van der Waals surface area (Å²) >= 11 is 1.61. The van der Waals surface area contributed by atoms with Gasteiger partial charge in [-0.3, -0.25) is 4.79 Å². The molecule has 0 spiro atoms. The highest BCUT2D eigenvalue weighted by Crippen LogP contribution is 2.12. The van der Waals surface area contributed by atoms with E-state index in [1.54, 1.807) is 67.4 Å². The number of nitrogens with zero attached hydrogens (tertiary/aromatic N) is 1. The summed E-state index contributed by atoms with van der Waals surface area (Å²) in [6, 6.07) is 13.7. The van der Waals surface area contributed by atoms with Crippen LogP contribution in [-0.4, -0.2) is 50.4 Å². The maximum atomic E-state index is 12.0. The second-order valence-corrected chi connectivity index (χ2v) is 6.48. The molecule has 1 N–H and O–H groups in total. The van der Waals surface area contributed by atoms with Crippen LogP contribution >= 0.6 is 11.8 Å². The summed E-state index contributed by atoms with van der Waals surface area (Å²) in [6.07, 6.45) is 3.46. The Labute approximate surface area is 168 Å². The van der Waals surface area contributed by atoms with Crippen LogP contribution in [0.1, 0.15) is 15.9 Å². The van der Waals surface area contributed by atoms with Crippen molar-refractivity contribution in [2.24, 2.45) is 5.10 Å². The minimum Gasteiger partial charge on any atom is -0.497 e. The Balaban J connectivity index is 1.78. The van der Waals surface area contributed by atoms with Crippen molar-refractivity contribution in [3.05, 3.63) is 59.7 Å². The van der Waals surface area contributed by atoms with Gasteiger partial charge >= 0.3 is 5.97 Å². The highest BCUT2D eigenvalue weighted by atomic mass is 32.2. The zero-order valence-corrected chi connectivity index (χ0v) is 16.5. The fourth-order valence-corrected chi connectivity index (χ4v) is 2.30. The van der Waals surface area contributed by atoms with Crippen LogP contribution in [0.5, 0.6) is 11.5 Å². The largest absolute Gasteiger partial charge is 0.497 e. The molecule has 0 bridgehead atoms. The third-order valence-electron chi connectivity index (χ3n) is 3.52. The number of carbonyl (C=O) groups excluding carboxylic acids is 2. The van der Waals surface area contributed by atoms with Gasteiger partial charge in [0.05, 0.1) is 13.3 Å². The normalized spacial score (nSPS) is 10.5. The van der Waals surface area contributed by atoms with Gasteiger partial charge in [0.1, 0.15) is 18.1 Å². The van der Waals surface area contributed by atoms with Gasteiger partial charge in [-0.25, -0.2) is 10.2 Å². The molecule has 0 heterocycles. The number of ether oxygens (including phenoxy) is 3. The lowest BCUT2D eigenvalue weighted by Gasteiger charge is -2.06. The summed E-state index contributed by atoms with van der Waals surface area (Å²) < 4.78 is 15.4. The average Bonchev–Trinajstić information content (AvgIpc) is 2.73. The second-order valence-electron chi connectivity index (χ2n) is 5.50. The molecule has 0 radical (unpaired) electrons. The first-order chi connectivity index (χ1) is 13.6. The Morgan fingerprint density at radius 2 is 1.75 bits per heavy atom. The molecular weight excluding hydrogens is 380 g/mol. The van der Waals surface area contributed by atoms with Gasteiger partial charge in [0.25, 0.3) is 5.91 Å². The Morgan fingerprint density at radius 3 is 2.39 bits per heavy atom. The summed E-state index contributed by atoms with van der Waals surface area (Å²) in [5.41, 5.74) is 3.71. The van der Waals surface area contributed by atoms with Crippen LogP contribution in [0.15, 0.2) is 53.6 Å². The molecule has 0 saturated carbocycles. The number of carbonyl (C=O) groups is 2. The molecule has 0 aliphatic carbocycles. The molecule has 0 atom stereocenters. The zero-order chi connectivity index (χ0) is 20.2. The zero-order valence-electron chi connectivity index (χ0n) is 15.7. The molecule has 0 aliphatic rings. The van der Waals surface area contributed by atoms with Crippen LogP contribution in [0.25, 0.3) is 0 Å². The molecule has 0 saturated heterocycles. The number of amides is 1. The van der Waals surface area contributed by atoms with Crippen molar-refractivity contribution < 1.29 is 23.8 Å². The van der Waals surface area contributed by atoms with Crippen molar-refractivity contribution in [1.29, 1.82) is 0 Å². The summed E-state index contributed by atoms with van der Waals surface area (Å²) in [5, 5.41) is 3.93. The van der Waals surface area contributed by atoms with Gasteiger partial charge in [-0.1, -0.05) is 0 Å². The van der Waals surface area contributed by atoms with Gasteiger partial charge in [-0.05, 0) is 60.4 Å². The van der Waals surface area contributed by atoms with Gasteiger partial charge in [0.2, 0.25) is 0 Å². The molecule has 0 fully saturated rings. The lowest BCUT2D eigenvalue weighted by atomic mass is 10.2. The minimum atomic E-state index is -0.402. The van der Waals surface area contributed by atoms with E-state index in [1.165, 1.54) is 6.21 Å². The molecule has 2 aromatic carbocycles. The van der Waals surface area contributed by atoms with Gasteiger partial charge in [0.15, 0.2) is 6.61 Å². The first-order valence-corrected chi connectivity index (χ1v) is 9.86. The maximum Gasteiger partial charge on any atom is 0.344 e. The van der Waals surface area contributed by atoms with Crippen LogP contribution in [0.3, 0.4) is 0 Å². The standard InChI is InChI=1S/C20H22N2O5S/c1-25-17-9-5-16(6-10-17)20(24)22-21-13-15-3-7-18(8-4-15)27-14-19(23)26-11-12-28-2/h3-10,13H,11-12,14H2,1-2H3,(H,22,24)/b21-13-. The Morgan fingerprint density at radius 1 is 1.07 bits per heavy atom. The lowest BCUT2D eigenvalue weighted by Crippen LogP contribution is -2.17. The second kappa shape index (κ2) is 11.7. The number of methoxy groups -OCH3 is 1. The molecule has 8 heteroatoms. The van der Waals surface area contributed by atoms with E-state index in [1.807, 2.05) is 6.26 Å². The molecular formula is C20H22N2O5S. The van der Waals surface area contributed by atoms with E-state index >= 15 is 0 Å². The van der Waals surface area contributed by atoms with Crippen molar-refractivity contribution in [1.82, 2.24) is 5.43 Å². The Hall–Kier alpha value is -3.00. The maximum absolute atomic E-state index is 12.0. The van der Waals surface area contributed by atoms with Crippen molar-refractivity contribution in [2.45, 2.75) is 0 Å². The molecule has 2 aromatic rings. The first kappa shape index (κ1) is 21.3. The molecule has 0 unspecified atom stereocenters. The van der Waals surface area contributed by atoms with Crippen LogP contribution < -0.4 is 14.9 Å². The van der Waals surface area contributed by atoms with Crippen LogP contribution in [0, 0.1) is 0 Å². The molecule has 7 nitrogen and oxygen atoms in total. The molecule has 0 aliphatic heterocycles. The van der Waals surface area contributed by atoms with E-state index < -0.39 is 5.97 Å². The van der Waals surface area contributed by atoms with Crippen molar-refractivity contribution >= 4 is 29.9 Å². The highest BCUT2D eigenvalue weighted by Gasteiger charge is 2.05. The average molecular weight is 402 g/mol. The monoisotopic (exact) mass is 402 g/mol. The first-order valence-electron chi connectivity index (χ1n) is 8.47. The van der Waals surface area contributed by atoms with E-state index in [0.29, 0.717) is 23.7 Å². The molecule has 28 heavy (non-hydrogen) atoms. The highest BCUT2D eigenvalue weighted by molar-refractivity contribution is 7.98. The van der Waals surface area contributed by atoms with Gasteiger partial charge in [-0.15, -0.1) is 0 Å². The predicted molar refractivity (Wildman–Crippen MR) is 109 cm³/mol. The molecule has 2 rings (SSSR count). The summed E-state index contributed by atoms with van der Waals surface area (Å²) in [5.74, 6) is 1.26. The number of esters is 1. The number of hydrazone groups is 1. The lowest BCUT2D eigenvalue weighted by molar-refractivity contribution is -0.145. The SMILES string of the molecule is COc1ccc(C(=O)N/N=C\c2ccc(OCC(=O)OCCSC)cc2)cc1. The van der Waals surface area contributed by atoms with Crippen LogP contribution in [-0.2, 0) is 9.53 Å². The smallest absolute Gasteiger partial charge is 0.344 e. The fraction of sp³-hybridized carbons (Fsp3) is 0.250. The number of thioether (sulfide) groups is 1. The van der Waals surface area contributed by atoms with E-state index in [2.05, 4.69) is 10.5 Å². The Bertz CT molecular complexity index is 791. The fourth-order valence-electron chi connectivity index (χ4n) is 2.05. The number of benzene rings is 2. The molecule has 1 amide bonds. The van der Waals surface area contributed by atoms with Crippen molar-refractivity contribution in [3.63, 3.8) is 0 Å². The predicted octanol–water partition coefficient (Wildman–Crippen LogP) is 2.74. The Kier molecular flexibility index (Phi) is 8.87. The van der Waals surface area contributed by atoms with E-state index in [-0.39, 0.29) is 12.5 Å². The van der Waals surface area contributed by atoms with Crippen LogP contribution in [0.2, 0.25) is 0 Å². The quantitative estimate of drug-likeness (QED) is 0.285. The van der Waals surface area contributed by atoms with Gasteiger partial charge < -0.3 is 14.2 Å². The van der Waals surface area contributed by atoms with E-state index in [4.69, 9.17) is 14.2 Å². The van der Waals surface area contributed by atoms with Gasteiger partial charge in [0, 0.05) is 11.3 Å². The number of rotatable bonds is 10.